The molecule has 1 aromatic rings. The van der Waals surface area contributed by atoms with E-state index < -0.39 is 6.04 Å². The van der Waals surface area contributed by atoms with Crippen LogP contribution >= 0.6 is 11.8 Å². The molecule has 1 heterocycles. The van der Waals surface area contributed by atoms with Crippen LogP contribution in [0.3, 0.4) is 0 Å². The lowest BCUT2D eigenvalue weighted by molar-refractivity contribution is -0.156. The van der Waals surface area contributed by atoms with Gasteiger partial charge in [0.25, 0.3) is 0 Å². The van der Waals surface area contributed by atoms with Crippen molar-refractivity contribution < 1.29 is 19.1 Å². The molecule has 6 heteroatoms. The Labute approximate surface area is 166 Å². The van der Waals surface area contributed by atoms with Crippen LogP contribution in [0.1, 0.15) is 39.7 Å². The molecule has 0 aromatic heterocycles. The van der Waals surface area contributed by atoms with Crippen molar-refractivity contribution in [3.8, 4) is 0 Å². The Morgan fingerprint density at radius 2 is 1.85 bits per heavy atom. The van der Waals surface area contributed by atoms with Crippen LogP contribution < -0.4 is 0 Å². The van der Waals surface area contributed by atoms with Crippen molar-refractivity contribution in [3.63, 3.8) is 0 Å². The molecule has 0 N–H and O–H groups in total. The van der Waals surface area contributed by atoms with Gasteiger partial charge in [0.1, 0.15) is 12.6 Å². The van der Waals surface area contributed by atoms with Crippen LogP contribution in [-0.2, 0) is 25.7 Å². The van der Waals surface area contributed by atoms with Gasteiger partial charge in [-0.1, -0.05) is 58.0 Å². The first kappa shape index (κ1) is 21.8. The van der Waals surface area contributed by atoms with Crippen molar-refractivity contribution >= 4 is 23.6 Å². The molecule has 27 heavy (non-hydrogen) atoms. The minimum atomic E-state index is -0.523. The molecule has 1 aliphatic heterocycles. The smallest absolute Gasteiger partial charge is 0.329 e. The van der Waals surface area contributed by atoms with E-state index >= 15 is 0 Å². The largest absolute Gasteiger partial charge is 0.464 e. The second kappa shape index (κ2) is 10.7. The second-order valence-electron chi connectivity index (χ2n) is 7.74. The fourth-order valence-electron chi connectivity index (χ4n) is 2.91. The van der Waals surface area contributed by atoms with Gasteiger partial charge in [-0.15, -0.1) is 11.8 Å². The van der Waals surface area contributed by atoms with E-state index in [0.29, 0.717) is 24.9 Å². The van der Waals surface area contributed by atoms with Crippen LogP contribution in [0.4, 0.5) is 0 Å². The van der Waals surface area contributed by atoms with E-state index in [9.17, 15) is 9.59 Å². The van der Waals surface area contributed by atoms with Crippen molar-refractivity contribution in [1.29, 1.82) is 0 Å². The van der Waals surface area contributed by atoms with E-state index in [1.54, 1.807) is 16.7 Å². The van der Waals surface area contributed by atoms with E-state index in [0.717, 1.165) is 12.0 Å². The maximum Gasteiger partial charge on any atom is 0.329 e. The highest BCUT2D eigenvalue weighted by Crippen LogP contribution is 2.34. The molecule has 1 saturated heterocycles. The summed E-state index contributed by atoms with van der Waals surface area (Å²) in [6, 6.07) is 9.23. The summed E-state index contributed by atoms with van der Waals surface area (Å²) in [5.41, 5.74) is 1.02. The fourth-order valence-corrected chi connectivity index (χ4v) is 4.56. The summed E-state index contributed by atoms with van der Waals surface area (Å²) < 4.78 is 11.0. The highest BCUT2D eigenvalue weighted by Gasteiger charge is 2.42. The Morgan fingerprint density at radius 3 is 2.48 bits per heavy atom. The van der Waals surface area contributed by atoms with Crippen LogP contribution in [0.2, 0.25) is 0 Å². The average molecular weight is 394 g/mol. The highest BCUT2D eigenvalue weighted by molar-refractivity contribution is 8.00. The van der Waals surface area contributed by atoms with Crippen molar-refractivity contribution in [3.05, 3.63) is 35.9 Å². The minimum absolute atomic E-state index is 0.00516. The third-order valence-electron chi connectivity index (χ3n) is 4.22. The van der Waals surface area contributed by atoms with E-state index in [-0.39, 0.29) is 29.8 Å². The Morgan fingerprint density at radius 1 is 1.15 bits per heavy atom. The standard InChI is InChI=1S/C21H31NO4S/c1-15(2)10-20-22(18(14-27-20)21(24)26-11-16(3)4)19(23)13-25-12-17-8-6-5-7-9-17/h5-9,15-16,18,20H,10-14H2,1-4H3. The third kappa shape index (κ3) is 6.85. The van der Waals surface area contributed by atoms with Gasteiger partial charge in [0.15, 0.2) is 0 Å². The molecule has 150 valence electrons. The molecular formula is C21H31NO4S. The summed E-state index contributed by atoms with van der Waals surface area (Å²) in [6.45, 7) is 8.97. The molecule has 2 unspecified atom stereocenters. The average Bonchev–Trinajstić information content (AvgIpc) is 3.03. The number of thioether (sulfide) groups is 1. The topological polar surface area (TPSA) is 55.8 Å². The summed E-state index contributed by atoms with van der Waals surface area (Å²) in [5, 5.41) is -0.00516. The van der Waals surface area contributed by atoms with E-state index in [4.69, 9.17) is 9.47 Å². The van der Waals surface area contributed by atoms with Gasteiger partial charge in [0.2, 0.25) is 5.91 Å². The molecule has 0 radical (unpaired) electrons. The normalized spacial score (nSPS) is 19.7. The Balaban J connectivity index is 1.98. The van der Waals surface area contributed by atoms with E-state index in [1.165, 1.54) is 0 Å². The van der Waals surface area contributed by atoms with Crippen LogP contribution in [0.25, 0.3) is 0 Å². The van der Waals surface area contributed by atoms with Gasteiger partial charge in [-0.25, -0.2) is 4.79 Å². The second-order valence-corrected chi connectivity index (χ2v) is 8.95. The predicted molar refractivity (Wildman–Crippen MR) is 108 cm³/mol. The van der Waals surface area contributed by atoms with Crippen molar-refractivity contribution in [2.45, 2.75) is 52.1 Å². The lowest BCUT2D eigenvalue weighted by Gasteiger charge is -2.29. The van der Waals surface area contributed by atoms with E-state index in [2.05, 4.69) is 13.8 Å². The van der Waals surface area contributed by atoms with E-state index in [1.807, 2.05) is 44.2 Å². The van der Waals surface area contributed by atoms with Gasteiger partial charge in [-0.2, -0.15) is 0 Å². The van der Waals surface area contributed by atoms with Crippen molar-refractivity contribution in [1.82, 2.24) is 4.90 Å². The fraction of sp³-hybridized carbons (Fsp3) is 0.619. The summed E-state index contributed by atoms with van der Waals surface area (Å²) in [6.07, 6.45) is 0.850. The van der Waals surface area contributed by atoms with Crippen LogP contribution in [0.5, 0.6) is 0 Å². The summed E-state index contributed by atoms with van der Waals surface area (Å²) >= 11 is 1.66. The zero-order chi connectivity index (χ0) is 19.8. The molecule has 1 aromatic carbocycles. The highest BCUT2D eigenvalue weighted by atomic mass is 32.2. The van der Waals surface area contributed by atoms with Gasteiger partial charge in [-0.05, 0) is 23.8 Å². The molecule has 2 rings (SSSR count). The number of esters is 1. The minimum Gasteiger partial charge on any atom is -0.464 e. The molecule has 0 bridgehead atoms. The SMILES string of the molecule is CC(C)COC(=O)C1CSC(CC(C)C)N1C(=O)COCc1ccccc1. The van der Waals surface area contributed by atoms with Gasteiger partial charge < -0.3 is 14.4 Å². The van der Waals surface area contributed by atoms with Gasteiger partial charge in [0, 0.05) is 5.75 Å². The molecule has 2 atom stereocenters. The monoisotopic (exact) mass is 393 g/mol. The quantitative estimate of drug-likeness (QED) is 0.599. The number of rotatable bonds is 9. The number of ether oxygens (including phenoxy) is 2. The number of benzene rings is 1. The molecule has 5 nitrogen and oxygen atoms in total. The lowest BCUT2D eigenvalue weighted by Crippen LogP contribution is -2.48. The molecule has 1 fully saturated rings. The van der Waals surface area contributed by atoms with Crippen molar-refractivity contribution in [2.75, 3.05) is 19.0 Å². The van der Waals surface area contributed by atoms with Crippen LogP contribution in [-0.4, -0.2) is 47.2 Å². The van der Waals surface area contributed by atoms with Crippen molar-refractivity contribution in [2.24, 2.45) is 11.8 Å². The van der Waals surface area contributed by atoms with Crippen LogP contribution in [0.15, 0.2) is 30.3 Å². The first-order valence-electron chi connectivity index (χ1n) is 9.59. The zero-order valence-electron chi connectivity index (χ0n) is 16.7. The number of carbonyl (C=O) groups excluding carboxylic acids is 2. The maximum atomic E-state index is 12.9. The van der Waals surface area contributed by atoms with Crippen LogP contribution in [0, 0.1) is 11.8 Å². The number of nitrogens with zero attached hydrogens (tertiary/aromatic N) is 1. The first-order valence-corrected chi connectivity index (χ1v) is 10.6. The molecule has 0 spiro atoms. The Hall–Kier alpha value is -1.53. The maximum absolute atomic E-state index is 12.9. The zero-order valence-corrected chi connectivity index (χ0v) is 17.5. The Kier molecular flexibility index (Phi) is 8.64. The molecule has 1 aliphatic rings. The predicted octanol–water partition coefficient (Wildman–Crippen LogP) is 3.72. The van der Waals surface area contributed by atoms with Gasteiger partial charge in [-0.3, -0.25) is 4.79 Å². The first-order chi connectivity index (χ1) is 12.9. The number of carbonyl (C=O) groups is 2. The van der Waals surface area contributed by atoms with Gasteiger partial charge in [0.05, 0.1) is 18.6 Å². The summed E-state index contributed by atoms with van der Waals surface area (Å²) in [5.74, 6) is 0.840. The lowest BCUT2D eigenvalue weighted by atomic mass is 10.1. The number of hydrogen-bond acceptors (Lipinski definition) is 5. The third-order valence-corrected chi connectivity index (χ3v) is 5.53. The molecule has 1 amide bonds. The molecule has 0 aliphatic carbocycles. The molecular weight excluding hydrogens is 362 g/mol. The summed E-state index contributed by atoms with van der Waals surface area (Å²) in [7, 11) is 0. The number of hydrogen-bond donors (Lipinski definition) is 0. The molecule has 0 saturated carbocycles. The Bertz CT molecular complexity index is 605. The summed E-state index contributed by atoms with van der Waals surface area (Å²) in [4.78, 5) is 27.1. The number of amides is 1. The van der Waals surface area contributed by atoms with Gasteiger partial charge >= 0.3 is 5.97 Å².